The first-order valence-electron chi connectivity index (χ1n) is 42.8. The highest BCUT2D eigenvalue weighted by molar-refractivity contribution is 5.76. The molecular weight excluding hydrogens is 1290 g/mol. The highest BCUT2D eigenvalue weighted by Crippen LogP contribution is 2.34. The minimum absolute atomic E-state index is 0.232. The predicted octanol–water partition coefficient (Wildman–Crippen LogP) is 15.0. The summed E-state index contributed by atoms with van der Waals surface area (Å²) < 4.78 is 34.6. The van der Waals surface area contributed by atoms with Gasteiger partial charge in [0.15, 0.2) is 18.9 Å². The number of carbonyl (C=O) groups is 1. The van der Waals surface area contributed by atoms with Crippen molar-refractivity contribution in [3.05, 3.63) is 0 Å². The van der Waals surface area contributed by atoms with Crippen molar-refractivity contribution in [3.8, 4) is 0 Å². The normalized spacial score (nSPS) is 26.2. The molecule has 0 aromatic rings. The lowest BCUT2D eigenvalue weighted by atomic mass is 9.96. The van der Waals surface area contributed by atoms with E-state index in [1.807, 2.05) is 0 Å². The summed E-state index contributed by atoms with van der Waals surface area (Å²) in [7, 11) is 0. The van der Waals surface area contributed by atoms with Crippen LogP contribution in [0.15, 0.2) is 0 Å². The van der Waals surface area contributed by atoms with Crippen LogP contribution in [-0.2, 0) is 33.2 Å². The Morgan fingerprint density at radius 1 is 0.317 bits per heavy atom. The van der Waals surface area contributed by atoms with E-state index in [2.05, 4.69) is 19.2 Å². The molecule has 3 heterocycles. The number of aliphatic hydroxyl groups is 11. The number of aliphatic hydroxyl groups excluding tert-OH is 11. The van der Waals surface area contributed by atoms with Crippen molar-refractivity contribution in [1.29, 1.82) is 0 Å². The van der Waals surface area contributed by atoms with Crippen molar-refractivity contribution < 1.29 is 89.4 Å². The molecule has 0 aliphatic carbocycles. The summed E-state index contributed by atoms with van der Waals surface area (Å²) in [6, 6.07) is -0.883. The molecule has 3 rings (SSSR count). The number of ether oxygens (including phenoxy) is 6. The maximum atomic E-state index is 13.5. The SMILES string of the molecule is CCCCCCCCCCCCCCCCCCCCCCCCCCCCCCCCCCCCCC(=O)NC(COC1OC(CO)C(OC2OC(CO)C(OC3OC(CO)C(O)C(O)C3O)C(O)C2O)C(O)C1O)C(O)CCCCCCCCCCCCCCCCCCCCCCC. The van der Waals surface area contributed by atoms with E-state index in [9.17, 15) is 61.0 Å². The van der Waals surface area contributed by atoms with Crippen LogP contribution in [0.4, 0.5) is 0 Å². The van der Waals surface area contributed by atoms with Gasteiger partial charge in [-0.05, 0) is 12.8 Å². The second kappa shape index (κ2) is 63.7. The number of nitrogens with one attached hydrogen (secondary N) is 1. The van der Waals surface area contributed by atoms with Gasteiger partial charge in [0.2, 0.25) is 5.91 Å². The Bertz CT molecular complexity index is 1820. The standard InChI is InChI=1S/C82H159NO18/c1-3-5-7-9-11-13-15-17-19-21-23-25-26-27-28-29-30-31-32-33-34-35-36-37-38-40-42-44-46-48-50-52-54-56-58-60-70(88)83-65(66(87)59-57-55-53-51-49-47-45-43-41-39-24-22-20-18-16-14-12-10-8-6-4-2)64-96-80-76(94)73(91)78(68(62-85)98-80)101-82-77(95)74(92)79(69(63-86)99-82)100-81-75(93)72(90)71(89)67(61-84)97-81/h65-69,71-82,84-87,89-95H,3-64H2,1-2H3,(H,83,88). The van der Waals surface area contributed by atoms with Crippen molar-refractivity contribution in [2.24, 2.45) is 0 Å². The first-order valence-corrected chi connectivity index (χ1v) is 42.8. The van der Waals surface area contributed by atoms with Gasteiger partial charge in [-0.1, -0.05) is 367 Å². The van der Waals surface area contributed by atoms with Crippen LogP contribution in [0.25, 0.3) is 0 Å². The quantitative estimate of drug-likeness (QED) is 0.0252. The molecule has 3 aliphatic rings. The van der Waals surface area contributed by atoms with Gasteiger partial charge in [-0.25, -0.2) is 0 Å². The van der Waals surface area contributed by atoms with Gasteiger partial charge < -0.3 is 89.9 Å². The van der Waals surface area contributed by atoms with E-state index in [1.54, 1.807) is 0 Å². The van der Waals surface area contributed by atoms with Gasteiger partial charge in [0.25, 0.3) is 0 Å². The Morgan fingerprint density at radius 3 is 0.861 bits per heavy atom. The molecule has 0 aromatic carbocycles. The van der Waals surface area contributed by atoms with Crippen LogP contribution in [-0.4, -0.2) is 193 Å². The van der Waals surface area contributed by atoms with E-state index in [1.165, 1.54) is 308 Å². The third-order valence-electron chi connectivity index (χ3n) is 21.9. The lowest BCUT2D eigenvalue weighted by Gasteiger charge is -2.48. The largest absolute Gasteiger partial charge is 0.394 e. The maximum absolute atomic E-state index is 13.5. The molecule has 0 bridgehead atoms. The molecule has 17 unspecified atom stereocenters. The van der Waals surface area contributed by atoms with E-state index in [4.69, 9.17) is 28.4 Å². The molecule has 12 N–H and O–H groups in total. The summed E-state index contributed by atoms with van der Waals surface area (Å²) in [4.78, 5) is 13.5. The fourth-order valence-corrected chi connectivity index (χ4v) is 15.1. The Kier molecular flexibility index (Phi) is 59.3. The number of unbranched alkanes of at least 4 members (excludes halogenated alkanes) is 54. The van der Waals surface area contributed by atoms with Crippen molar-refractivity contribution in [2.75, 3.05) is 26.4 Å². The molecule has 0 aromatic heterocycles. The first-order chi connectivity index (χ1) is 49.3. The molecule has 17 atom stereocenters. The number of hydrogen-bond acceptors (Lipinski definition) is 18. The molecule has 3 aliphatic heterocycles. The Balaban J connectivity index is 1.31. The molecule has 0 saturated carbocycles. The van der Waals surface area contributed by atoms with Crippen molar-refractivity contribution in [2.45, 2.75) is 491 Å². The highest BCUT2D eigenvalue weighted by atomic mass is 16.8. The predicted molar refractivity (Wildman–Crippen MR) is 402 cm³/mol. The molecule has 19 nitrogen and oxygen atoms in total. The summed E-state index contributed by atoms with van der Waals surface area (Å²) in [6.07, 6.45) is 47.9. The Morgan fingerprint density at radius 2 is 0.564 bits per heavy atom. The molecule has 19 heteroatoms. The van der Waals surface area contributed by atoms with E-state index < -0.39 is 124 Å². The lowest BCUT2D eigenvalue weighted by molar-refractivity contribution is -0.379. The molecule has 3 fully saturated rings. The average Bonchev–Trinajstić information content (AvgIpc) is 0.782. The molecule has 1 amide bonds. The van der Waals surface area contributed by atoms with Crippen LogP contribution in [0.2, 0.25) is 0 Å². The zero-order valence-corrected chi connectivity index (χ0v) is 64.4. The van der Waals surface area contributed by atoms with Gasteiger partial charge in [-0.3, -0.25) is 4.79 Å². The zero-order valence-electron chi connectivity index (χ0n) is 64.4. The van der Waals surface area contributed by atoms with Gasteiger partial charge in [0.05, 0.1) is 38.6 Å². The minimum atomic E-state index is -1.97. The van der Waals surface area contributed by atoms with Gasteiger partial charge in [0.1, 0.15) is 73.2 Å². The summed E-state index contributed by atoms with van der Waals surface area (Å²) in [5.74, 6) is -0.232. The summed E-state index contributed by atoms with van der Waals surface area (Å²) >= 11 is 0. The van der Waals surface area contributed by atoms with Gasteiger partial charge in [-0.15, -0.1) is 0 Å². The molecule has 3 saturated heterocycles. The van der Waals surface area contributed by atoms with Gasteiger partial charge in [0, 0.05) is 6.42 Å². The third kappa shape index (κ3) is 43.5. The molecule has 600 valence electrons. The number of rotatable bonds is 70. The highest BCUT2D eigenvalue weighted by Gasteiger charge is 2.54. The Labute approximate surface area is 614 Å². The van der Waals surface area contributed by atoms with Crippen LogP contribution in [0.1, 0.15) is 386 Å². The Hall–Kier alpha value is -1.21. The summed E-state index contributed by atoms with van der Waals surface area (Å²) in [5, 5.41) is 121. The molecule has 101 heavy (non-hydrogen) atoms. The second-order valence-electron chi connectivity index (χ2n) is 31.0. The molecular formula is C82H159NO18. The lowest BCUT2D eigenvalue weighted by Crippen LogP contribution is -2.66. The van der Waals surface area contributed by atoms with E-state index in [0.29, 0.717) is 12.8 Å². The maximum Gasteiger partial charge on any atom is 0.220 e. The topological polar surface area (TPSA) is 307 Å². The molecule has 0 radical (unpaired) electrons. The van der Waals surface area contributed by atoms with Crippen LogP contribution in [0.5, 0.6) is 0 Å². The average molecular weight is 1450 g/mol. The summed E-state index contributed by atoms with van der Waals surface area (Å²) in [6.45, 7) is 1.88. The van der Waals surface area contributed by atoms with E-state index >= 15 is 0 Å². The van der Waals surface area contributed by atoms with Crippen LogP contribution in [0.3, 0.4) is 0 Å². The van der Waals surface area contributed by atoms with Crippen LogP contribution >= 0.6 is 0 Å². The van der Waals surface area contributed by atoms with Crippen molar-refractivity contribution >= 4 is 5.91 Å². The second-order valence-corrected chi connectivity index (χ2v) is 31.0. The van der Waals surface area contributed by atoms with Crippen LogP contribution in [0, 0.1) is 0 Å². The zero-order chi connectivity index (χ0) is 73.2. The van der Waals surface area contributed by atoms with E-state index in [0.717, 1.165) is 44.9 Å². The van der Waals surface area contributed by atoms with Gasteiger partial charge in [-0.2, -0.15) is 0 Å². The van der Waals surface area contributed by atoms with Crippen molar-refractivity contribution in [1.82, 2.24) is 5.32 Å². The van der Waals surface area contributed by atoms with Gasteiger partial charge >= 0.3 is 0 Å². The fourth-order valence-electron chi connectivity index (χ4n) is 15.1. The smallest absolute Gasteiger partial charge is 0.220 e. The monoisotopic (exact) mass is 1450 g/mol. The third-order valence-corrected chi connectivity index (χ3v) is 21.9. The number of hydrogen-bond donors (Lipinski definition) is 12. The molecule has 0 spiro atoms. The fraction of sp³-hybridized carbons (Fsp3) is 0.988. The number of amides is 1. The summed E-state index contributed by atoms with van der Waals surface area (Å²) in [5.41, 5.74) is 0. The van der Waals surface area contributed by atoms with Crippen molar-refractivity contribution in [3.63, 3.8) is 0 Å². The number of carbonyl (C=O) groups excluding carboxylic acids is 1. The van der Waals surface area contributed by atoms with E-state index in [-0.39, 0.29) is 18.9 Å². The minimum Gasteiger partial charge on any atom is -0.394 e. The van der Waals surface area contributed by atoms with Crippen LogP contribution < -0.4 is 5.32 Å². The first kappa shape index (κ1) is 94.0.